The van der Waals surface area contributed by atoms with Crippen LogP contribution in [0.15, 0.2) is 18.2 Å². The third-order valence-electron chi connectivity index (χ3n) is 1.20. The van der Waals surface area contributed by atoms with E-state index in [1.807, 2.05) is 0 Å². The number of halogens is 4. The van der Waals surface area contributed by atoms with Gasteiger partial charge < -0.3 is 0 Å². The first kappa shape index (κ1) is 9.66. The van der Waals surface area contributed by atoms with Crippen molar-refractivity contribution in [2.24, 2.45) is 0 Å². The molecule has 0 radical (unpaired) electrons. The number of rotatable bonds is 1. The monoisotopic (exact) mass is 272 g/mol. The molecule has 1 unspecified atom stereocenters. The summed E-state index contributed by atoms with van der Waals surface area (Å²) in [5.41, 5.74) is 0.831. The fourth-order valence-electron chi connectivity index (χ4n) is 0.678. The molecule has 0 fully saturated rings. The molecule has 1 atom stereocenters. The molecular weight excluding hydrogens is 270 g/mol. The molecule has 0 aliphatic carbocycles. The first-order valence-corrected chi connectivity index (χ1v) is 4.95. The topological polar surface area (TPSA) is 0 Å². The van der Waals surface area contributed by atoms with Crippen molar-refractivity contribution in [1.29, 1.82) is 0 Å². The van der Waals surface area contributed by atoms with Crippen molar-refractivity contribution in [3.63, 3.8) is 0 Å². The van der Waals surface area contributed by atoms with Crippen molar-refractivity contribution in [3.05, 3.63) is 33.8 Å². The molecule has 0 aromatic heterocycles. The van der Waals surface area contributed by atoms with E-state index in [0.717, 1.165) is 5.56 Å². The average Bonchev–Trinajstić information content (AvgIpc) is 1.85. The van der Waals surface area contributed by atoms with Gasteiger partial charge in [-0.2, -0.15) is 0 Å². The van der Waals surface area contributed by atoms with E-state index >= 15 is 0 Å². The number of alkyl halides is 2. The first-order chi connectivity index (χ1) is 5.11. The lowest BCUT2D eigenvalue weighted by atomic mass is 10.2. The second-order valence-electron chi connectivity index (χ2n) is 1.97. The molecule has 0 nitrogen and oxygen atoms in total. The molecule has 0 amide bonds. The van der Waals surface area contributed by atoms with Crippen LogP contribution in [-0.4, -0.2) is 0 Å². The molecule has 0 spiro atoms. The van der Waals surface area contributed by atoms with Crippen LogP contribution in [-0.2, 0) is 0 Å². The van der Waals surface area contributed by atoms with Crippen molar-refractivity contribution in [2.45, 2.75) is 4.29 Å². The molecule has 4 heteroatoms. The van der Waals surface area contributed by atoms with E-state index in [-0.39, 0.29) is 4.29 Å². The van der Waals surface area contributed by atoms with E-state index in [1.165, 1.54) is 0 Å². The average molecular weight is 274 g/mol. The summed E-state index contributed by atoms with van der Waals surface area (Å²) >= 11 is 20.5. The Kier molecular flexibility index (Phi) is 3.51. The van der Waals surface area contributed by atoms with Gasteiger partial charge in [0.2, 0.25) is 0 Å². The molecule has 11 heavy (non-hydrogen) atoms. The highest BCUT2D eigenvalue weighted by molar-refractivity contribution is 9.09. The number of hydrogen-bond donors (Lipinski definition) is 0. The molecule has 1 aromatic rings. The maximum Gasteiger partial charge on any atom is 0.115 e. The van der Waals surface area contributed by atoms with Gasteiger partial charge in [0.1, 0.15) is 4.29 Å². The summed E-state index contributed by atoms with van der Waals surface area (Å²) in [6.45, 7) is 0. The molecule has 0 N–H and O–H groups in total. The Balaban J connectivity index is 3.09. The van der Waals surface area contributed by atoms with E-state index in [0.29, 0.717) is 10.0 Å². The molecular formula is C7H4BrCl3. The summed E-state index contributed by atoms with van der Waals surface area (Å²) in [5, 5.41) is 1.19. The molecule has 0 saturated carbocycles. The van der Waals surface area contributed by atoms with Gasteiger partial charge in [0.15, 0.2) is 0 Å². The van der Waals surface area contributed by atoms with Crippen LogP contribution in [0.5, 0.6) is 0 Å². The van der Waals surface area contributed by atoms with Gasteiger partial charge in [0, 0.05) is 10.0 Å². The standard InChI is InChI=1S/C7H4BrCl3/c8-7(11)5-2-1-4(9)3-6(5)10/h1-3,7H. The maximum absolute atomic E-state index is 5.83. The number of hydrogen-bond acceptors (Lipinski definition) is 0. The summed E-state index contributed by atoms with van der Waals surface area (Å²) in [6.07, 6.45) is 0. The van der Waals surface area contributed by atoms with Gasteiger partial charge in [-0.15, -0.1) is 11.6 Å². The molecule has 1 aromatic carbocycles. The Hall–Kier alpha value is 0.570. The molecule has 0 bridgehead atoms. The minimum absolute atomic E-state index is 0.257. The quantitative estimate of drug-likeness (QED) is 0.655. The third-order valence-corrected chi connectivity index (χ3v) is 2.49. The minimum atomic E-state index is -0.257. The van der Waals surface area contributed by atoms with Crippen molar-refractivity contribution in [1.82, 2.24) is 0 Å². The highest BCUT2D eigenvalue weighted by atomic mass is 79.9. The largest absolute Gasteiger partial charge is 0.115 e. The Morgan fingerprint density at radius 1 is 1.27 bits per heavy atom. The van der Waals surface area contributed by atoms with Crippen LogP contribution >= 0.6 is 50.7 Å². The third kappa shape index (κ3) is 2.51. The summed E-state index contributed by atoms with van der Waals surface area (Å²) in [5.74, 6) is 0. The van der Waals surface area contributed by atoms with Crippen LogP contribution < -0.4 is 0 Å². The smallest absolute Gasteiger partial charge is 0.105 e. The Morgan fingerprint density at radius 2 is 1.91 bits per heavy atom. The first-order valence-electron chi connectivity index (χ1n) is 2.84. The molecule has 1 rings (SSSR count). The van der Waals surface area contributed by atoms with Crippen LogP contribution in [0.2, 0.25) is 10.0 Å². The Labute approximate surface area is 88.6 Å². The van der Waals surface area contributed by atoms with Crippen LogP contribution in [0.4, 0.5) is 0 Å². The summed E-state index contributed by atoms with van der Waals surface area (Å²) in [4.78, 5) is 0. The predicted octanol–water partition coefficient (Wildman–Crippen LogP) is 4.63. The van der Waals surface area contributed by atoms with Gasteiger partial charge in [0.25, 0.3) is 0 Å². The van der Waals surface area contributed by atoms with Crippen LogP contribution in [0.25, 0.3) is 0 Å². The van der Waals surface area contributed by atoms with Gasteiger partial charge >= 0.3 is 0 Å². The normalized spacial score (nSPS) is 13.1. The fourth-order valence-corrected chi connectivity index (χ4v) is 1.97. The molecule has 0 saturated heterocycles. The molecule has 0 heterocycles. The van der Waals surface area contributed by atoms with E-state index < -0.39 is 0 Å². The van der Waals surface area contributed by atoms with Crippen molar-refractivity contribution in [3.8, 4) is 0 Å². The molecule has 0 aliphatic rings. The summed E-state index contributed by atoms with van der Waals surface area (Å²) < 4.78 is -0.257. The number of benzene rings is 1. The summed E-state index contributed by atoms with van der Waals surface area (Å²) in [6, 6.07) is 5.20. The summed E-state index contributed by atoms with van der Waals surface area (Å²) in [7, 11) is 0. The second-order valence-corrected chi connectivity index (χ2v) is 4.69. The van der Waals surface area contributed by atoms with Gasteiger partial charge in [-0.25, -0.2) is 0 Å². The van der Waals surface area contributed by atoms with Gasteiger partial charge in [0.05, 0.1) is 0 Å². The zero-order valence-corrected chi connectivity index (χ0v) is 9.18. The van der Waals surface area contributed by atoms with Crippen LogP contribution in [0.1, 0.15) is 9.85 Å². The second kappa shape index (κ2) is 3.99. The zero-order chi connectivity index (χ0) is 8.43. The van der Waals surface area contributed by atoms with Gasteiger partial charge in [-0.05, 0) is 17.7 Å². The van der Waals surface area contributed by atoms with Gasteiger partial charge in [-0.3, -0.25) is 0 Å². The van der Waals surface area contributed by atoms with E-state index in [9.17, 15) is 0 Å². The van der Waals surface area contributed by atoms with E-state index in [2.05, 4.69) is 15.9 Å². The molecule has 60 valence electrons. The van der Waals surface area contributed by atoms with Crippen LogP contribution in [0.3, 0.4) is 0 Å². The fraction of sp³-hybridized carbons (Fsp3) is 0.143. The molecule has 0 aliphatic heterocycles. The zero-order valence-electron chi connectivity index (χ0n) is 5.32. The van der Waals surface area contributed by atoms with Crippen molar-refractivity contribution < 1.29 is 0 Å². The predicted molar refractivity (Wildman–Crippen MR) is 54.0 cm³/mol. The lowest BCUT2D eigenvalue weighted by Gasteiger charge is -2.03. The van der Waals surface area contributed by atoms with E-state index in [4.69, 9.17) is 34.8 Å². The minimum Gasteiger partial charge on any atom is -0.105 e. The van der Waals surface area contributed by atoms with Crippen LogP contribution in [0, 0.1) is 0 Å². The highest BCUT2D eigenvalue weighted by Crippen LogP contribution is 2.33. The lowest BCUT2D eigenvalue weighted by molar-refractivity contribution is 1.39. The highest BCUT2D eigenvalue weighted by Gasteiger charge is 2.07. The van der Waals surface area contributed by atoms with Crippen molar-refractivity contribution >= 4 is 50.7 Å². The lowest BCUT2D eigenvalue weighted by Crippen LogP contribution is -1.81. The Bertz CT molecular complexity index is 260. The SMILES string of the molecule is Clc1ccc(C(Cl)Br)c(Cl)c1. The van der Waals surface area contributed by atoms with Gasteiger partial charge in [-0.1, -0.05) is 45.2 Å². The Morgan fingerprint density at radius 3 is 2.36 bits per heavy atom. The van der Waals surface area contributed by atoms with Crippen molar-refractivity contribution in [2.75, 3.05) is 0 Å². The van der Waals surface area contributed by atoms with E-state index in [1.54, 1.807) is 18.2 Å². The maximum atomic E-state index is 5.83.